The van der Waals surface area contributed by atoms with Gasteiger partial charge in [0.2, 0.25) is 5.91 Å². The molecule has 114 valence electrons. The zero-order valence-electron chi connectivity index (χ0n) is 12.4. The van der Waals surface area contributed by atoms with Crippen molar-refractivity contribution in [2.75, 3.05) is 31.5 Å². The van der Waals surface area contributed by atoms with Gasteiger partial charge in [0.05, 0.1) is 0 Å². The van der Waals surface area contributed by atoms with Gasteiger partial charge in [-0.1, -0.05) is 11.6 Å². The van der Waals surface area contributed by atoms with Gasteiger partial charge < -0.3 is 15.1 Å². The standard InChI is InChI=1S/C15H20ClN3OS/c1-11-10-13(16)4-5-14(11)17-15(21)19-7-3-6-18(8-9-19)12(2)20/h4-5,10H,3,6-9H2,1-2H3,(H,17,21). The van der Waals surface area contributed by atoms with Crippen LogP contribution in [0, 0.1) is 6.92 Å². The molecule has 2 rings (SSSR count). The third kappa shape index (κ3) is 4.32. The Kier molecular flexibility index (Phi) is 5.42. The maximum atomic E-state index is 11.4. The molecule has 1 aliphatic rings. The lowest BCUT2D eigenvalue weighted by atomic mass is 10.2. The number of amides is 1. The normalized spacial score (nSPS) is 15.6. The number of carbonyl (C=O) groups excluding carboxylic acids is 1. The lowest BCUT2D eigenvalue weighted by Crippen LogP contribution is -2.38. The molecule has 0 aromatic heterocycles. The van der Waals surface area contributed by atoms with Gasteiger partial charge in [-0.25, -0.2) is 0 Å². The van der Waals surface area contributed by atoms with Crippen LogP contribution in [0.4, 0.5) is 5.69 Å². The average Bonchev–Trinajstić information content (AvgIpc) is 2.67. The Morgan fingerprint density at radius 1 is 1.24 bits per heavy atom. The van der Waals surface area contributed by atoms with Crippen LogP contribution in [-0.2, 0) is 4.79 Å². The van der Waals surface area contributed by atoms with Crippen molar-refractivity contribution in [3.05, 3.63) is 28.8 Å². The quantitative estimate of drug-likeness (QED) is 0.805. The largest absolute Gasteiger partial charge is 0.347 e. The molecular weight excluding hydrogens is 306 g/mol. The first-order chi connectivity index (χ1) is 9.97. The molecule has 1 fully saturated rings. The summed E-state index contributed by atoms with van der Waals surface area (Å²) in [5, 5.41) is 4.69. The molecule has 0 unspecified atom stereocenters. The number of nitrogens with zero attached hydrogens (tertiary/aromatic N) is 2. The number of hydrogen-bond acceptors (Lipinski definition) is 2. The van der Waals surface area contributed by atoms with E-state index in [1.165, 1.54) is 0 Å². The maximum absolute atomic E-state index is 11.4. The lowest BCUT2D eigenvalue weighted by Gasteiger charge is -2.25. The number of aryl methyl sites for hydroxylation is 1. The van der Waals surface area contributed by atoms with Crippen molar-refractivity contribution in [1.82, 2.24) is 9.80 Å². The Morgan fingerprint density at radius 3 is 2.57 bits per heavy atom. The third-order valence-corrected chi connectivity index (χ3v) is 4.25. The molecule has 0 radical (unpaired) electrons. The van der Waals surface area contributed by atoms with E-state index < -0.39 is 0 Å². The predicted molar refractivity (Wildman–Crippen MR) is 90.9 cm³/mol. The fourth-order valence-electron chi connectivity index (χ4n) is 2.40. The summed E-state index contributed by atoms with van der Waals surface area (Å²) in [6.07, 6.45) is 0.932. The van der Waals surface area contributed by atoms with Crippen molar-refractivity contribution >= 4 is 40.5 Å². The first kappa shape index (κ1) is 16.0. The topological polar surface area (TPSA) is 35.6 Å². The van der Waals surface area contributed by atoms with E-state index in [9.17, 15) is 4.79 Å². The van der Waals surface area contributed by atoms with Crippen molar-refractivity contribution in [3.8, 4) is 0 Å². The number of thiocarbonyl (C=S) groups is 1. The molecule has 0 aliphatic carbocycles. The zero-order valence-corrected chi connectivity index (χ0v) is 13.9. The van der Waals surface area contributed by atoms with E-state index in [1.807, 2.05) is 30.0 Å². The summed E-state index contributed by atoms with van der Waals surface area (Å²) in [6.45, 7) is 6.76. The highest BCUT2D eigenvalue weighted by Gasteiger charge is 2.18. The van der Waals surface area contributed by atoms with Crippen LogP contribution in [0.25, 0.3) is 0 Å². The van der Waals surface area contributed by atoms with Gasteiger partial charge >= 0.3 is 0 Å². The summed E-state index contributed by atoms with van der Waals surface area (Å²) in [7, 11) is 0. The molecule has 1 N–H and O–H groups in total. The van der Waals surface area contributed by atoms with Gasteiger partial charge in [-0.15, -0.1) is 0 Å². The van der Waals surface area contributed by atoms with Gasteiger partial charge in [-0.2, -0.15) is 0 Å². The predicted octanol–water partition coefficient (Wildman–Crippen LogP) is 2.90. The minimum absolute atomic E-state index is 0.129. The molecule has 0 saturated carbocycles. The van der Waals surface area contributed by atoms with Gasteiger partial charge in [0.15, 0.2) is 5.11 Å². The van der Waals surface area contributed by atoms with Crippen molar-refractivity contribution in [3.63, 3.8) is 0 Å². The molecule has 1 heterocycles. The van der Waals surface area contributed by atoms with E-state index in [4.69, 9.17) is 23.8 Å². The molecule has 1 aromatic carbocycles. The second-order valence-electron chi connectivity index (χ2n) is 5.24. The van der Waals surface area contributed by atoms with Crippen LogP contribution in [0.15, 0.2) is 18.2 Å². The summed E-state index contributed by atoms with van der Waals surface area (Å²) in [4.78, 5) is 15.4. The Balaban J connectivity index is 1.98. The Hall–Kier alpha value is -1.33. The van der Waals surface area contributed by atoms with E-state index in [1.54, 1.807) is 6.92 Å². The summed E-state index contributed by atoms with van der Waals surface area (Å²) in [5.41, 5.74) is 2.03. The van der Waals surface area contributed by atoms with E-state index in [-0.39, 0.29) is 5.91 Å². The number of halogens is 1. The second-order valence-corrected chi connectivity index (χ2v) is 6.06. The minimum Gasteiger partial charge on any atom is -0.347 e. The van der Waals surface area contributed by atoms with Gasteiger partial charge in [0.1, 0.15) is 0 Å². The number of hydrogen-bond donors (Lipinski definition) is 1. The highest BCUT2D eigenvalue weighted by molar-refractivity contribution is 7.80. The highest BCUT2D eigenvalue weighted by atomic mass is 35.5. The van der Waals surface area contributed by atoms with E-state index in [0.29, 0.717) is 5.11 Å². The first-order valence-corrected chi connectivity index (χ1v) is 7.83. The van der Waals surface area contributed by atoms with Crippen LogP contribution in [0.1, 0.15) is 18.9 Å². The SMILES string of the molecule is CC(=O)N1CCCN(C(=S)Nc2ccc(Cl)cc2C)CC1. The van der Waals surface area contributed by atoms with Crippen LogP contribution in [0.2, 0.25) is 5.02 Å². The minimum atomic E-state index is 0.129. The van der Waals surface area contributed by atoms with E-state index in [2.05, 4.69) is 10.2 Å². The molecule has 1 aliphatic heterocycles. The number of rotatable bonds is 1. The van der Waals surface area contributed by atoms with Crippen LogP contribution < -0.4 is 5.32 Å². The fraction of sp³-hybridized carbons (Fsp3) is 0.467. The smallest absolute Gasteiger partial charge is 0.219 e. The molecule has 1 saturated heterocycles. The van der Waals surface area contributed by atoms with Crippen molar-refractivity contribution in [2.24, 2.45) is 0 Å². The van der Waals surface area contributed by atoms with Crippen molar-refractivity contribution in [1.29, 1.82) is 0 Å². The molecule has 0 atom stereocenters. The highest BCUT2D eigenvalue weighted by Crippen LogP contribution is 2.20. The van der Waals surface area contributed by atoms with Gasteiger partial charge in [0, 0.05) is 43.8 Å². The maximum Gasteiger partial charge on any atom is 0.219 e. The first-order valence-electron chi connectivity index (χ1n) is 7.05. The van der Waals surface area contributed by atoms with Gasteiger partial charge in [-0.3, -0.25) is 4.79 Å². The molecular formula is C15H20ClN3OS. The zero-order chi connectivity index (χ0) is 15.4. The Bertz CT molecular complexity index is 550. The average molecular weight is 326 g/mol. The van der Waals surface area contributed by atoms with Gasteiger partial charge in [0.25, 0.3) is 0 Å². The Labute approximate surface area is 136 Å². The number of carbonyl (C=O) groups is 1. The molecule has 1 amide bonds. The summed E-state index contributed by atoms with van der Waals surface area (Å²) in [6, 6.07) is 5.69. The molecule has 4 nitrogen and oxygen atoms in total. The summed E-state index contributed by atoms with van der Waals surface area (Å²) in [5.74, 6) is 0.129. The van der Waals surface area contributed by atoms with Crippen molar-refractivity contribution in [2.45, 2.75) is 20.3 Å². The number of anilines is 1. The lowest BCUT2D eigenvalue weighted by molar-refractivity contribution is -0.128. The van der Waals surface area contributed by atoms with Gasteiger partial charge in [-0.05, 0) is 49.3 Å². The molecule has 1 aromatic rings. The molecule has 0 spiro atoms. The number of nitrogens with one attached hydrogen (secondary N) is 1. The Morgan fingerprint density at radius 2 is 1.90 bits per heavy atom. The monoisotopic (exact) mass is 325 g/mol. The van der Waals surface area contributed by atoms with Crippen molar-refractivity contribution < 1.29 is 4.79 Å². The van der Waals surface area contributed by atoms with Crippen LogP contribution in [0.5, 0.6) is 0 Å². The van der Waals surface area contributed by atoms with Crippen LogP contribution in [-0.4, -0.2) is 47.0 Å². The summed E-state index contributed by atoms with van der Waals surface area (Å²) < 4.78 is 0. The molecule has 0 bridgehead atoms. The third-order valence-electron chi connectivity index (χ3n) is 3.66. The van der Waals surface area contributed by atoms with E-state index in [0.717, 1.165) is 48.9 Å². The molecule has 21 heavy (non-hydrogen) atoms. The summed E-state index contributed by atoms with van der Waals surface area (Å²) >= 11 is 11.5. The van der Waals surface area contributed by atoms with E-state index >= 15 is 0 Å². The number of benzene rings is 1. The molecule has 6 heteroatoms. The second kappa shape index (κ2) is 7.09. The fourth-order valence-corrected chi connectivity index (χ4v) is 2.92. The van der Waals surface area contributed by atoms with Crippen LogP contribution in [0.3, 0.4) is 0 Å². The van der Waals surface area contributed by atoms with Crippen LogP contribution >= 0.6 is 23.8 Å².